The van der Waals surface area contributed by atoms with E-state index in [9.17, 15) is 19.6 Å². The number of hydrogen-bond acceptors (Lipinski definition) is 9. The van der Waals surface area contributed by atoms with Crippen LogP contribution in [-0.2, 0) is 42.7 Å². The Kier molecular flexibility index (Phi) is 9.73. The Labute approximate surface area is 344 Å². The van der Waals surface area contributed by atoms with Gasteiger partial charge in [0, 0.05) is 58.8 Å². The minimum absolute atomic E-state index is 0.150. The molecular formula is C48H50N6O5. The Morgan fingerprint density at radius 2 is 1.58 bits per heavy atom. The summed E-state index contributed by atoms with van der Waals surface area (Å²) in [6.07, 6.45) is 5.44. The molecule has 0 amide bonds. The molecule has 1 aromatic carbocycles. The number of nitrogens with one attached hydrogen (secondary N) is 2. The number of aldehydes is 1. The Bertz CT molecular complexity index is 2780. The van der Waals surface area contributed by atoms with Gasteiger partial charge in [-0.25, -0.2) is 4.98 Å². The number of aromatic amines is 2. The Balaban J connectivity index is 1.59. The third kappa shape index (κ3) is 5.63. The number of benzene rings is 1. The molecule has 3 atom stereocenters. The number of hydrogen-bond donors (Lipinski definition) is 2. The van der Waals surface area contributed by atoms with E-state index in [1.165, 1.54) is 19.8 Å². The molecule has 3 aromatic heterocycles. The number of allylic oxidation sites excluding steroid dienone is 2. The van der Waals surface area contributed by atoms with Crippen molar-refractivity contribution < 1.29 is 23.9 Å². The van der Waals surface area contributed by atoms with Crippen molar-refractivity contribution in [3.8, 4) is 6.07 Å². The molecule has 2 N–H and O–H groups in total. The maximum atomic E-state index is 12.6. The van der Waals surface area contributed by atoms with Crippen molar-refractivity contribution in [2.45, 2.75) is 96.9 Å². The van der Waals surface area contributed by atoms with Gasteiger partial charge in [-0.3, -0.25) is 19.4 Å². The monoisotopic (exact) mass is 790 g/mol. The van der Waals surface area contributed by atoms with E-state index in [0.29, 0.717) is 41.8 Å². The summed E-state index contributed by atoms with van der Waals surface area (Å²) in [5, 5.41) is 11.1. The Hall–Kier alpha value is -6.28. The van der Waals surface area contributed by atoms with Gasteiger partial charge < -0.3 is 24.3 Å². The molecule has 0 saturated heterocycles. The highest BCUT2D eigenvalue weighted by Crippen LogP contribution is 2.64. The van der Waals surface area contributed by atoms with E-state index in [-0.39, 0.29) is 30.8 Å². The maximum Gasteiger partial charge on any atom is 0.305 e. The number of fused-ring (bicyclic) bond motifs is 11. The van der Waals surface area contributed by atoms with Gasteiger partial charge in [0.25, 0.3) is 0 Å². The number of rotatable bonds is 9. The number of nitrogens with zero attached hydrogens (tertiary/aromatic N) is 4. The van der Waals surface area contributed by atoms with Crippen molar-refractivity contribution >= 4 is 63.2 Å². The average molecular weight is 791 g/mol. The minimum Gasteiger partial charge on any atom is -0.469 e. The molecule has 8 rings (SSSR count). The average Bonchev–Trinajstić information content (AvgIpc) is 3.90. The summed E-state index contributed by atoms with van der Waals surface area (Å²) in [5.41, 5.74) is 15.0. The second-order valence-corrected chi connectivity index (χ2v) is 16.3. The first kappa shape index (κ1) is 39.5. The summed E-state index contributed by atoms with van der Waals surface area (Å²) in [4.78, 5) is 58.3. The number of aryl methyl sites for hydroxylation is 4. The second kappa shape index (κ2) is 14.5. The van der Waals surface area contributed by atoms with Crippen LogP contribution < -0.4 is 4.90 Å². The van der Waals surface area contributed by atoms with Crippen LogP contribution in [0.5, 0.6) is 0 Å². The van der Waals surface area contributed by atoms with Gasteiger partial charge in [0.15, 0.2) is 0 Å². The summed E-state index contributed by atoms with van der Waals surface area (Å²) in [6, 6.07) is 14.4. The lowest BCUT2D eigenvalue weighted by Gasteiger charge is -2.58. The van der Waals surface area contributed by atoms with Crippen molar-refractivity contribution in [2.24, 2.45) is 0 Å². The molecule has 0 radical (unpaired) electrons. The summed E-state index contributed by atoms with van der Waals surface area (Å²) < 4.78 is 10.1. The van der Waals surface area contributed by atoms with Crippen LogP contribution >= 0.6 is 0 Å². The van der Waals surface area contributed by atoms with Crippen LogP contribution in [0.4, 0.5) is 5.69 Å². The number of esters is 2. The number of carbonyl (C=O) groups excluding carboxylic acids is 3. The molecule has 302 valence electrons. The smallest absolute Gasteiger partial charge is 0.305 e. The van der Waals surface area contributed by atoms with Crippen molar-refractivity contribution in [1.29, 1.82) is 5.26 Å². The zero-order valence-corrected chi connectivity index (χ0v) is 35.3. The number of H-pyrrole nitrogens is 2. The van der Waals surface area contributed by atoms with E-state index in [4.69, 9.17) is 19.4 Å². The molecule has 4 aromatic rings. The molecule has 6 heterocycles. The summed E-state index contributed by atoms with van der Waals surface area (Å²) in [6.45, 7) is 12.8. The largest absolute Gasteiger partial charge is 0.469 e. The van der Waals surface area contributed by atoms with Gasteiger partial charge in [0.05, 0.1) is 65.5 Å². The fraction of sp³-hybridized carbons (Fsp3) is 0.375. The first-order valence-corrected chi connectivity index (χ1v) is 20.4. The van der Waals surface area contributed by atoms with Crippen LogP contribution in [0.1, 0.15) is 120 Å². The fourth-order valence-electron chi connectivity index (χ4n) is 10.7. The molecule has 11 nitrogen and oxygen atoms in total. The zero-order valence-electron chi connectivity index (χ0n) is 35.3. The van der Waals surface area contributed by atoms with Crippen LogP contribution in [0, 0.1) is 25.2 Å². The summed E-state index contributed by atoms with van der Waals surface area (Å²) >= 11 is 0. The molecule has 8 bridgehead atoms. The molecule has 0 fully saturated rings. The van der Waals surface area contributed by atoms with Crippen molar-refractivity contribution in [3.05, 3.63) is 104 Å². The molecule has 4 aliphatic rings. The van der Waals surface area contributed by atoms with E-state index < -0.39 is 10.8 Å². The summed E-state index contributed by atoms with van der Waals surface area (Å²) in [5.74, 6) is -0.628. The highest BCUT2D eigenvalue weighted by atomic mass is 16.5. The van der Waals surface area contributed by atoms with Crippen molar-refractivity contribution in [2.75, 3.05) is 26.2 Å². The number of carbonyl (C=O) groups is 3. The van der Waals surface area contributed by atoms with Gasteiger partial charge >= 0.3 is 11.9 Å². The number of aromatic nitrogens is 4. The number of methoxy groups -OCH3 is 2. The fourth-order valence-corrected chi connectivity index (χ4v) is 10.7. The highest BCUT2D eigenvalue weighted by molar-refractivity contribution is 5.97. The molecular weight excluding hydrogens is 741 g/mol. The molecule has 1 aliphatic carbocycles. The van der Waals surface area contributed by atoms with Gasteiger partial charge in [-0.05, 0) is 135 Å². The molecule has 0 spiro atoms. The van der Waals surface area contributed by atoms with Crippen LogP contribution in [0.15, 0.2) is 42.0 Å². The SMILES string of the molecule is CCc1c(C)c2cc3[nH]c(cc4nc(c5c6nc(cc1[nH]2)C1(C)c2cc(C=O)ccc2N(C)C(C(C#N)=C5)C61CC)C(C)=C4CCC(=O)OC)c(CCC(=O)OC)c3C. The third-order valence-electron chi connectivity index (χ3n) is 13.8. The number of anilines is 1. The van der Waals surface area contributed by atoms with Gasteiger partial charge in [0.1, 0.15) is 6.29 Å². The lowest BCUT2D eigenvalue weighted by molar-refractivity contribution is -0.141. The molecule has 0 saturated carbocycles. The van der Waals surface area contributed by atoms with Crippen molar-refractivity contribution in [1.82, 2.24) is 19.9 Å². The first-order chi connectivity index (χ1) is 28.3. The standard InChI is InChI=1S/C48H50N6O5/c1-10-30-25(3)35-20-36-26(4)31(13-16-42(56)58-8)37(50-36)21-38-32(14-17-43(57)59-9)27(5)44(52-38)33-19-29(23-49)46-48(11-2)45(33)53-41(22-39(30)51-35)47(48,6)34-18-28(24-55)12-15-40(34)54(46)7/h12,15,18-22,24,46,50-51H,10-11,13-14,16-17H2,1-9H3. The molecule has 3 unspecified atom stereocenters. The quantitative estimate of drug-likeness (QED) is 0.125. The maximum absolute atomic E-state index is 12.6. The topological polar surface area (TPSA) is 154 Å². The Morgan fingerprint density at radius 3 is 2.20 bits per heavy atom. The predicted molar refractivity (Wildman–Crippen MR) is 230 cm³/mol. The van der Waals surface area contributed by atoms with E-state index in [1.54, 1.807) is 0 Å². The number of likely N-dealkylation sites (N-methyl/N-ethyl adjacent to an activating group) is 1. The summed E-state index contributed by atoms with van der Waals surface area (Å²) in [7, 11) is 4.82. The highest BCUT2D eigenvalue weighted by Gasteiger charge is 2.66. The molecule has 3 aliphatic heterocycles. The van der Waals surface area contributed by atoms with Crippen LogP contribution in [0.25, 0.3) is 39.3 Å². The number of nitriles is 1. The van der Waals surface area contributed by atoms with E-state index >= 15 is 0 Å². The van der Waals surface area contributed by atoms with Crippen LogP contribution in [0.3, 0.4) is 0 Å². The van der Waals surface area contributed by atoms with Gasteiger partial charge in [0.2, 0.25) is 0 Å². The van der Waals surface area contributed by atoms with E-state index in [0.717, 1.165) is 90.8 Å². The van der Waals surface area contributed by atoms with E-state index in [1.807, 2.05) is 44.3 Å². The normalized spacial score (nSPS) is 20.2. The minimum atomic E-state index is -0.783. The predicted octanol–water partition coefficient (Wildman–Crippen LogP) is 8.69. The Morgan fingerprint density at radius 1 is 0.915 bits per heavy atom. The van der Waals surface area contributed by atoms with E-state index in [2.05, 4.69) is 67.7 Å². The van der Waals surface area contributed by atoms with Crippen molar-refractivity contribution in [3.63, 3.8) is 0 Å². The first-order valence-electron chi connectivity index (χ1n) is 20.4. The number of ether oxygens (including phenoxy) is 2. The second-order valence-electron chi connectivity index (χ2n) is 16.3. The lowest BCUT2D eigenvalue weighted by Crippen LogP contribution is -2.63. The molecule has 59 heavy (non-hydrogen) atoms. The molecule has 11 heteroatoms. The van der Waals surface area contributed by atoms with Gasteiger partial charge in [-0.2, -0.15) is 5.26 Å². The van der Waals surface area contributed by atoms with Gasteiger partial charge in [-0.1, -0.05) is 13.8 Å². The third-order valence-corrected chi connectivity index (χ3v) is 13.8. The zero-order chi connectivity index (χ0) is 42.1. The van der Waals surface area contributed by atoms with Gasteiger partial charge in [-0.15, -0.1) is 0 Å². The van der Waals surface area contributed by atoms with Crippen LogP contribution in [0.2, 0.25) is 0 Å². The lowest BCUT2D eigenvalue weighted by atomic mass is 9.50. The van der Waals surface area contributed by atoms with Crippen LogP contribution in [-0.4, -0.2) is 65.5 Å².